The van der Waals surface area contributed by atoms with Crippen molar-refractivity contribution in [1.82, 2.24) is 0 Å². The predicted molar refractivity (Wildman–Crippen MR) is 14.9 cm³/mol. The monoisotopic (exact) mass is 281 g/mol. The molecule has 0 atom stereocenters. The van der Waals surface area contributed by atoms with E-state index in [9.17, 15) is 0 Å². The van der Waals surface area contributed by atoms with Crippen molar-refractivity contribution >= 4 is 24.4 Å². The Morgan fingerprint density at radius 3 is 0.800 bits per heavy atom. The van der Waals surface area contributed by atoms with Gasteiger partial charge in [-0.1, -0.05) is 0 Å². The fourth-order valence-electron chi connectivity index (χ4n) is 0. The van der Waals surface area contributed by atoms with Gasteiger partial charge in [0.15, 0.2) is 0 Å². The molecule has 0 unspecified atom stereocenters. The molecule has 0 rings (SSSR count). The van der Waals surface area contributed by atoms with E-state index in [2.05, 4.69) is 0 Å². The number of hydrogen-bond acceptors (Lipinski definition) is 3. The van der Waals surface area contributed by atoms with Gasteiger partial charge in [0.1, 0.15) is 0 Å². The molecule has 0 fully saturated rings. The van der Waals surface area contributed by atoms with Gasteiger partial charge in [0.2, 0.25) is 0 Å². The van der Waals surface area contributed by atoms with E-state index in [1.54, 1.807) is 0 Å². The second kappa shape index (κ2) is 840. The largest absolute Gasteiger partial charge is 1.00 e. The zero-order valence-corrected chi connectivity index (χ0v) is 6.53. The maximum absolute atomic E-state index is 8.00. The molecule has 0 spiro atoms. The van der Waals surface area contributed by atoms with Crippen molar-refractivity contribution in [2.75, 3.05) is 0 Å². The van der Waals surface area contributed by atoms with Crippen LogP contribution >= 0.6 is 0 Å². The second-order valence-corrected chi connectivity index (χ2v) is 0.0745. The minimum Gasteiger partial charge on any atom is -1.00 e. The molecule has 0 aromatic heterocycles. The van der Waals surface area contributed by atoms with Crippen LogP contribution in [0.4, 0.5) is 0 Å². The Kier molecular flexibility index (Phi) is 19700. The molecule has 0 aromatic carbocycles. The molecule has 0 aromatic rings. The van der Waals surface area contributed by atoms with E-state index in [1.165, 1.54) is 0 Å². The summed E-state index contributed by atoms with van der Waals surface area (Å²) in [5, 5.41) is 9.00. The van der Waals surface area contributed by atoms with Crippen LogP contribution in [0.15, 0.2) is 5.34 Å². The second-order valence-electron chi connectivity index (χ2n) is 0.0745. The van der Waals surface area contributed by atoms with Crippen LogP contribution in [0.2, 0.25) is 0 Å². The number of halogens is 6. The topological polar surface area (TPSA) is 52.5 Å². The standard InChI is InChI=1S/6FH.HNO2.Sb/c;;;;;;2-1-3;/h6*1H;(H,2,3);/p-7. The minimum atomic E-state index is 0. The molecule has 10 heteroatoms. The van der Waals surface area contributed by atoms with Crippen molar-refractivity contribution in [3.63, 3.8) is 0 Å². The van der Waals surface area contributed by atoms with Gasteiger partial charge in [0.25, 0.3) is 0 Å². The molecule has 0 aliphatic rings. The third kappa shape index (κ3) is 8850. The first kappa shape index (κ1) is 235. The van der Waals surface area contributed by atoms with Gasteiger partial charge in [0, 0.05) is 24.4 Å². The van der Waals surface area contributed by atoms with E-state index in [0.717, 1.165) is 5.34 Å². The Bertz CT molecular complexity index is 23.2. The van der Waals surface area contributed by atoms with E-state index in [0.29, 0.717) is 0 Å². The summed E-state index contributed by atoms with van der Waals surface area (Å²) in [6.07, 6.45) is 0. The van der Waals surface area contributed by atoms with Gasteiger partial charge < -0.3 is 38.3 Å². The first-order valence-electron chi connectivity index (χ1n) is 0.365. The van der Waals surface area contributed by atoms with Crippen LogP contribution in [0.1, 0.15) is 0 Å². The molecule has 0 saturated heterocycles. The molecule has 0 bridgehead atoms. The fraction of sp³-hybridized carbons (Fsp3) is 0. The quantitative estimate of drug-likeness (QED) is 0.192. The zero-order chi connectivity index (χ0) is 2.71. The summed E-state index contributed by atoms with van der Waals surface area (Å²) in [6, 6.07) is 0. The van der Waals surface area contributed by atoms with Crippen molar-refractivity contribution in [2.45, 2.75) is 0 Å². The molecule has 3 nitrogen and oxygen atoms in total. The van der Waals surface area contributed by atoms with Crippen LogP contribution in [0.3, 0.4) is 0 Å². The Labute approximate surface area is 68.8 Å². The van der Waals surface area contributed by atoms with Crippen LogP contribution in [0.5, 0.6) is 0 Å². The van der Waals surface area contributed by atoms with Gasteiger partial charge in [0.05, 0.1) is 0 Å². The summed E-state index contributed by atoms with van der Waals surface area (Å²) in [7, 11) is 0. The van der Waals surface area contributed by atoms with Crippen molar-refractivity contribution in [1.29, 1.82) is 0 Å². The number of hydrogen-bond donors (Lipinski definition) is 0. The van der Waals surface area contributed by atoms with Crippen LogP contribution in [-0.2, 0) is 0 Å². The third-order valence-corrected chi connectivity index (χ3v) is 0. The molecule has 0 aliphatic heterocycles. The third-order valence-electron chi connectivity index (χ3n) is 0. The molecule has 10 heavy (non-hydrogen) atoms. The van der Waals surface area contributed by atoms with E-state index in [1.807, 2.05) is 0 Å². The van der Waals surface area contributed by atoms with Crippen molar-refractivity contribution in [3.05, 3.63) is 10.1 Å². The Balaban J connectivity index is -0.000000000952. The SMILES string of the molecule is O=N[O-].[F-].[F-].[F-].[F-].[F-].[F-].[Sb]. The summed E-state index contributed by atoms with van der Waals surface area (Å²) in [6.45, 7) is 0. The maximum Gasteiger partial charge on any atom is 0 e. The minimum absolute atomic E-state index is 0. The number of nitrogens with zero attached hydrogens (tertiary/aromatic N) is 1. The number of rotatable bonds is 0. The van der Waals surface area contributed by atoms with E-state index in [4.69, 9.17) is 10.1 Å². The molecule has 0 amide bonds. The Morgan fingerprint density at radius 1 is 0.800 bits per heavy atom. The van der Waals surface area contributed by atoms with Gasteiger partial charge in [-0.15, -0.1) is 5.34 Å². The van der Waals surface area contributed by atoms with Crippen molar-refractivity contribution < 1.29 is 28.2 Å². The van der Waals surface area contributed by atoms with Crippen LogP contribution in [-0.4, -0.2) is 24.4 Å². The smallest absolute Gasteiger partial charge is 0 e. The molecule has 3 radical (unpaired) electrons. The van der Waals surface area contributed by atoms with Crippen LogP contribution in [0.25, 0.3) is 0 Å². The van der Waals surface area contributed by atoms with Gasteiger partial charge in [-0.3, -0.25) is 0 Å². The Hall–Kier alpha value is -0.202. The van der Waals surface area contributed by atoms with Gasteiger partial charge >= 0.3 is 0 Å². The molecule has 0 N–H and O–H groups in total. The van der Waals surface area contributed by atoms with Crippen molar-refractivity contribution in [2.24, 2.45) is 5.34 Å². The average Bonchev–Trinajstić information content (AvgIpc) is 0.918. The summed E-state index contributed by atoms with van der Waals surface area (Å²) >= 11 is 0. The molecule has 0 saturated carbocycles. The van der Waals surface area contributed by atoms with E-state index >= 15 is 0 Å². The van der Waals surface area contributed by atoms with Crippen LogP contribution < -0.4 is 28.2 Å². The molecular formula is F6NO2Sb-7. The zero-order valence-electron chi connectivity index (χ0n) is 3.98. The van der Waals surface area contributed by atoms with Gasteiger partial charge in [-0.05, 0) is 0 Å². The van der Waals surface area contributed by atoms with Gasteiger partial charge in [-0.25, -0.2) is 0 Å². The summed E-state index contributed by atoms with van der Waals surface area (Å²) in [4.78, 5) is 8.00. The average molecular weight is 282 g/mol. The fourth-order valence-corrected chi connectivity index (χ4v) is 0. The normalized spacial score (nSPS) is 1.20. The van der Waals surface area contributed by atoms with E-state index < -0.39 is 0 Å². The van der Waals surface area contributed by atoms with E-state index in [-0.39, 0.29) is 52.7 Å². The van der Waals surface area contributed by atoms with Gasteiger partial charge in [-0.2, -0.15) is 0 Å². The molecule has 0 aliphatic carbocycles. The van der Waals surface area contributed by atoms with Crippen molar-refractivity contribution in [3.8, 4) is 0 Å². The summed E-state index contributed by atoms with van der Waals surface area (Å²) < 4.78 is 0. The molecular weight excluding hydrogens is 282 g/mol. The Morgan fingerprint density at radius 2 is 0.800 bits per heavy atom. The summed E-state index contributed by atoms with van der Waals surface area (Å²) in [5.41, 5.74) is 0. The summed E-state index contributed by atoms with van der Waals surface area (Å²) in [5.74, 6) is 0. The first-order chi connectivity index (χ1) is 1.41. The first-order valence-corrected chi connectivity index (χ1v) is 0.365. The molecule has 0 heterocycles. The maximum atomic E-state index is 8.00. The molecule has 71 valence electrons. The van der Waals surface area contributed by atoms with Crippen LogP contribution in [0, 0.1) is 10.1 Å². The predicted octanol–water partition coefficient (Wildman–Crippen LogP) is -18.1.